The zero-order valence-corrected chi connectivity index (χ0v) is 15.8. The van der Waals surface area contributed by atoms with Gasteiger partial charge in [-0.25, -0.2) is 5.48 Å². The van der Waals surface area contributed by atoms with Crippen molar-refractivity contribution in [3.05, 3.63) is 71.9 Å². The molecule has 2 heterocycles. The summed E-state index contributed by atoms with van der Waals surface area (Å²) in [6.07, 6.45) is 4.83. The largest absolute Gasteiger partial charge is 0.367 e. The van der Waals surface area contributed by atoms with E-state index < -0.39 is 5.91 Å². The molecule has 1 aliphatic heterocycles. The zero-order valence-electron chi connectivity index (χ0n) is 15.8. The van der Waals surface area contributed by atoms with Crippen molar-refractivity contribution < 1.29 is 14.8 Å². The van der Waals surface area contributed by atoms with Gasteiger partial charge in [0.15, 0.2) is 0 Å². The van der Waals surface area contributed by atoms with Crippen molar-refractivity contribution >= 4 is 34.5 Å². The molecule has 148 valence electrons. The molecule has 7 heteroatoms. The van der Waals surface area contributed by atoms with Crippen molar-refractivity contribution in [2.24, 2.45) is 0 Å². The number of amides is 2. The fraction of sp³-hybridized carbons (Fsp3) is 0.182. The lowest BCUT2D eigenvalue weighted by Crippen LogP contribution is -2.49. The van der Waals surface area contributed by atoms with Gasteiger partial charge in [0.1, 0.15) is 0 Å². The number of benzene rings is 2. The SMILES string of the molecule is O=C(C=Cc1ccccc1N1CCN(C(=O)c2ccc3[nH]ccc3c2)CC1)NO. The summed E-state index contributed by atoms with van der Waals surface area (Å²) in [6.45, 7) is 2.66. The molecule has 1 saturated heterocycles. The summed E-state index contributed by atoms with van der Waals surface area (Å²) in [5.74, 6) is -0.532. The Kier molecular flexibility index (Phi) is 5.31. The van der Waals surface area contributed by atoms with Crippen LogP contribution in [0.4, 0.5) is 5.69 Å². The molecule has 4 rings (SSSR count). The van der Waals surface area contributed by atoms with E-state index in [9.17, 15) is 9.59 Å². The Labute approximate surface area is 168 Å². The molecule has 0 spiro atoms. The van der Waals surface area contributed by atoms with Gasteiger partial charge < -0.3 is 14.8 Å². The molecule has 1 aliphatic rings. The highest BCUT2D eigenvalue weighted by molar-refractivity contribution is 5.98. The summed E-state index contributed by atoms with van der Waals surface area (Å²) in [5.41, 5.74) is 5.19. The highest BCUT2D eigenvalue weighted by Gasteiger charge is 2.23. The third-order valence-corrected chi connectivity index (χ3v) is 5.17. The lowest BCUT2D eigenvalue weighted by atomic mass is 10.1. The number of aromatic nitrogens is 1. The third kappa shape index (κ3) is 4.00. The van der Waals surface area contributed by atoms with Crippen molar-refractivity contribution in [1.29, 1.82) is 0 Å². The van der Waals surface area contributed by atoms with Crippen LogP contribution < -0.4 is 10.4 Å². The van der Waals surface area contributed by atoms with Crippen LogP contribution in [0, 0.1) is 0 Å². The smallest absolute Gasteiger partial charge is 0.267 e. The number of carbonyl (C=O) groups excluding carboxylic acids is 2. The number of nitrogens with one attached hydrogen (secondary N) is 2. The number of anilines is 1. The van der Waals surface area contributed by atoms with Crippen molar-refractivity contribution in [2.75, 3.05) is 31.1 Å². The van der Waals surface area contributed by atoms with Crippen LogP contribution >= 0.6 is 0 Å². The van der Waals surface area contributed by atoms with E-state index in [4.69, 9.17) is 5.21 Å². The topological polar surface area (TPSA) is 88.7 Å². The maximum absolute atomic E-state index is 12.9. The number of hydroxylamine groups is 1. The maximum atomic E-state index is 12.9. The second kappa shape index (κ2) is 8.20. The molecule has 0 aliphatic carbocycles. The molecule has 0 bridgehead atoms. The fourth-order valence-electron chi connectivity index (χ4n) is 3.64. The molecule has 0 unspecified atom stereocenters. The van der Waals surface area contributed by atoms with Crippen molar-refractivity contribution in [1.82, 2.24) is 15.4 Å². The molecule has 2 aromatic carbocycles. The first-order valence-corrected chi connectivity index (χ1v) is 9.48. The lowest BCUT2D eigenvalue weighted by Gasteiger charge is -2.36. The number of hydrogen-bond donors (Lipinski definition) is 3. The number of nitrogens with zero attached hydrogens (tertiary/aromatic N) is 2. The zero-order chi connectivity index (χ0) is 20.2. The molecular weight excluding hydrogens is 368 g/mol. The Balaban J connectivity index is 1.45. The molecule has 7 nitrogen and oxygen atoms in total. The number of fused-ring (bicyclic) bond motifs is 1. The Bertz CT molecular complexity index is 1060. The van der Waals surface area contributed by atoms with E-state index in [1.54, 1.807) is 11.6 Å². The van der Waals surface area contributed by atoms with Crippen LogP contribution in [0.1, 0.15) is 15.9 Å². The monoisotopic (exact) mass is 390 g/mol. The maximum Gasteiger partial charge on any atom is 0.267 e. The summed E-state index contributed by atoms with van der Waals surface area (Å²) < 4.78 is 0. The predicted molar refractivity (Wildman–Crippen MR) is 112 cm³/mol. The van der Waals surface area contributed by atoms with Gasteiger partial charge in [-0.1, -0.05) is 18.2 Å². The van der Waals surface area contributed by atoms with Crippen LogP contribution in [0.5, 0.6) is 0 Å². The first kappa shape index (κ1) is 18.8. The summed E-state index contributed by atoms with van der Waals surface area (Å²) >= 11 is 0. The van der Waals surface area contributed by atoms with Crippen molar-refractivity contribution in [3.8, 4) is 0 Å². The van der Waals surface area contributed by atoms with Crippen molar-refractivity contribution in [3.63, 3.8) is 0 Å². The van der Waals surface area contributed by atoms with E-state index in [2.05, 4.69) is 9.88 Å². The minimum Gasteiger partial charge on any atom is -0.367 e. The van der Waals surface area contributed by atoms with E-state index >= 15 is 0 Å². The molecular formula is C22H22N4O3. The minimum absolute atomic E-state index is 0.0422. The fourth-order valence-corrected chi connectivity index (χ4v) is 3.64. The third-order valence-electron chi connectivity index (χ3n) is 5.17. The molecule has 0 saturated carbocycles. The quantitative estimate of drug-likeness (QED) is 0.363. The van der Waals surface area contributed by atoms with E-state index in [1.165, 1.54) is 6.08 Å². The number of piperazine rings is 1. The molecule has 3 N–H and O–H groups in total. The number of H-pyrrole nitrogens is 1. The van der Waals surface area contributed by atoms with E-state index in [0.717, 1.165) is 22.2 Å². The predicted octanol–water partition coefficient (Wildman–Crippen LogP) is 2.65. The summed E-state index contributed by atoms with van der Waals surface area (Å²) in [7, 11) is 0. The van der Waals surface area contributed by atoms with Crippen LogP contribution in [-0.4, -0.2) is 53.1 Å². The van der Waals surface area contributed by atoms with Gasteiger partial charge in [-0.15, -0.1) is 0 Å². The Hall–Kier alpha value is -3.58. The van der Waals surface area contributed by atoms with Gasteiger partial charge in [0, 0.05) is 60.6 Å². The average molecular weight is 390 g/mol. The van der Waals surface area contributed by atoms with Gasteiger partial charge in [-0.3, -0.25) is 14.8 Å². The summed E-state index contributed by atoms with van der Waals surface area (Å²) in [4.78, 5) is 31.4. The van der Waals surface area contributed by atoms with E-state index in [0.29, 0.717) is 31.7 Å². The minimum atomic E-state index is -0.574. The van der Waals surface area contributed by atoms with Gasteiger partial charge in [0.05, 0.1) is 0 Å². The Morgan fingerprint density at radius 3 is 2.62 bits per heavy atom. The lowest BCUT2D eigenvalue weighted by molar-refractivity contribution is -0.124. The first-order valence-electron chi connectivity index (χ1n) is 9.48. The second-order valence-corrected chi connectivity index (χ2v) is 6.93. The molecule has 1 aromatic heterocycles. The highest BCUT2D eigenvalue weighted by Crippen LogP contribution is 2.24. The molecule has 1 fully saturated rings. The average Bonchev–Trinajstić information content (AvgIpc) is 3.25. The van der Waals surface area contributed by atoms with Gasteiger partial charge in [-0.05, 0) is 42.0 Å². The van der Waals surface area contributed by atoms with Crippen LogP contribution in [0.3, 0.4) is 0 Å². The Morgan fingerprint density at radius 2 is 1.83 bits per heavy atom. The van der Waals surface area contributed by atoms with Crippen molar-refractivity contribution in [2.45, 2.75) is 0 Å². The normalized spacial score (nSPS) is 14.5. The number of para-hydroxylation sites is 1. The first-order chi connectivity index (χ1) is 14.2. The van der Waals surface area contributed by atoms with Gasteiger partial charge in [-0.2, -0.15) is 0 Å². The van der Waals surface area contributed by atoms with E-state index in [1.807, 2.05) is 59.6 Å². The standard InChI is InChI=1S/C22H22N4O3/c27-21(24-29)8-6-16-3-1-2-4-20(16)25-11-13-26(14-12-25)22(28)18-5-7-19-17(15-18)9-10-23-19/h1-10,15,23,29H,11-14H2,(H,24,27). The second-order valence-electron chi connectivity index (χ2n) is 6.93. The number of rotatable bonds is 4. The van der Waals surface area contributed by atoms with E-state index in [-0.39, 0.29) is 5.91 Å². The summed E-state index contributed by atoms with van der Waals surface area (Å²) in [5, 5.41) is 9.68. The molecule has 0 radical (unpaired) electrons. The summed E-state index contributed by atoms with van der Waals surface area (Å²) in [6, 6.07) is 15.4. The number of carbonyl (C=O) groups is 2. The van der Waals surface area contributed by atoms with Crippen LogP contribution in [0.2, 0.25) is 0 Å². The van der Waals surface area contributed by atoms with Gasteiger partial charge >= 0.3 is 0 Å². The van der Waals surface area contributed by atoms with Crippen LogP contribution in [0.15, 0.2) is 60.8 Å². The van der Waals surface area contributed by atoms with Gasteiger partial charge in [0.2, 0.25) is 0 Å². The van der Waals surface area contributed by atoms with Crippen LogP contribution in [0.25, 0.3) is 17.0 Å². The highest BCUT2D eigenvalue weighted by atomic mass is 16.5. The van der Waals surface area contributed by atoms with Gasteiger partial charge in [0.25, 0.3) is 11.8 Å². The number of hydrogen-bond acceptors (Lipinski definition) is 4. The molecule has 2 amide bonds. The number of aromatic amines is 1. The Morgan fingerprint density at radius 1 is 1.03 bits per heavy atom. The molecule has 29 heavy (non-hydrogen) atoms. The van der Waals surface area contributed by atoms with Crippen LogP contribution in [-0.2, 0) is 4.79 Å². The molecule has 3 aromatic rings. The molecule has 0 atom stereocenters.